The van der Waals surface area contributed by atoms with Crippen LogP contribution in [-0.2, 0) is 9.59 Å². The zero-order chi connectivity index (χ0) is 14.8. The van der Waals surface area contributed by atoms with E-state index < -0.39 is 17.1 Å². The Kier molecular flexibility index (Phi) is 4.06. The molecule has 1 atom stereocenters. The second-order valence-corrected chi connectivity index (χ2v) is 5.30. The van der Waals surface area contributed by atoms with Gasteiger partial charge in [0.2, 0.25) is 11.8 Å². The molecule has 108 valence electrons. The molecule has 1 unspecified atom stereocenters. The Morgan fingerprint density at radius 3 is 2.50 bits per heavy atom. The van der Waals surface area contributed by atoms with Crippen molar-refractivity contribution in [3.63, 3.8) is 0 Å². The second-order valence-electron chi connectivity index (χ2n) is 5.30. The van der Waals surface area contributed by atoms with Gasteiger partial charge in [0, 0.05) is 6.04 Å². The number of carbonyl (C=O) groups excluding carboxylic acids is 2. The van der Waals surface area contributed by atoms with Crippen molar-refractivity contribution in [2.75, 3.05) is 5.32 Å². The van der Waals surface area contributed by atoms with Crippen molar-refractivity contribution < 1.29 is 14.0 Å². The smallest absolute Gasteiger partial charge is 0.240 e. The fourth-order valence-electron chi connectivity index (χ4n) is 1.95. The van der Waals surface area contributed by atoms with E-state index in [-0.39, 0.29) is 17.6 Å². The average molecular weight is 278 g/mol. The van der Waals surface area contributed by atoms with Crippen LogP contribution in [0.3, 0.4) is 0 Å². The summed E-state index contributed by atoms with van der Waals surface area (Å²) in [6, 6.07) is 5.97. The SMILES string of the molecule is CCC(C)NC(=O)C1(C(=O)Nc2ccccc2F)CC1. The van der Waals surface area contributed by atoms with Gasteiger partial charge in [0.05, 0.1) is 5.69 Å². The molecular formula is C15H19FN2O2. The molecule has 0 spiro atoms. The van der Waals surface area contributed by atoms with Crippen LogP contribution in [0.1, 0.15) is 33.1 Å². The standard InChI is InChI=1S/C15H19FN2O2/c1-3-10(2)17-13(19)15(8-9-15)14(20)18-12-7-5-4-6-11(12)16/h4-7,10H,3,8-9H2,1-2H3,(H,17,19)(H,18,20). The van der Waals surface area contributed by atoms with Gasteiger partial charge in [-0.25, -0.2) is 4.39 Å². The monoisotopic (exact) mass is 278 g/mol. The molecule has 1 aromatic carbocycles. The molecule has 1 aliphatic carbocycles. The molecule has 4 nitrogen and oxygen atoms in total. The van der Waals surface area contributed by atoms with Crippen molar-refractivity contribution in [3.8, 4) is 0 Å². The third-order valence-corrected chi connectivity index (χ3v) is 3.73. The molecule has 0 aromatic heterocycles. The Labute approximate surface area is 117 Å². The Hall–Kier alpha value is -1.91. The molecule has 1 saturated carbocycles. The van der Waals surface area contributed by atoms with Crippen molar-refractivity contribution in [1.82, 2.24) is 5.32 Å². The zero-order valence-electron chi connectivity index (χ0n) is 11.7. The van der Waals surface area contributed by atoms with Gasteiger partial charge in [0.15, 0.2) is 0 Å². The molecule has 0 saturated heterocycles. The Morgan fingerprint density at radius 1 is 1.30 bits per heavy atom. The summed E-state index contributed by atoms with van der Waals surface area (Å²) in [5, 5.41) is 5.33. The number of benzene rings is 1. The quantitative estimate of drug-likeness (QED) is 0.813. The van der Waals surface area contributed by atoms with Gasteiger partial charge in [-0.2, -0.15) is 0 Å². The first-order valence-corrected chi connectivity index (χ1v) is 6.86. The molecule has 20 heavy (non-hydrogen) atoms. The Bertz CT molecular complexity index is 526. The lowest BCUT2D eigenvalue weighted by Gasteiger charge is -2.18. The largest absolute Gasteiger partial charge is 0.353 e. The first kappa shape index (κ1) is 14.5. The summed E-state index contributed by atoms with van der Waals surface area (Å²) in [4.78, 5) is 24.4. The second kappa shape index (κ2) is 5.61. The molecule has 0 heterocycles. The summed E-state index contributed by atoms with van der Waals surface area (Å²) in [6.07, 6.45) is 1.82. The molecule has 2 N–H and O–H groups in total. The number of amides is 2. The van der Waals surface area contributed by atoms with Crippen LogP contribution in [-0.4, -0.2) is 17.9 Å². The Balaban J connectivity index is 2.05. The van der Waals surface area contributed by atoms with Gasteiger partial charge in [-0.15, -0.1) is 0 Å². The van der Waals surface area contributed by atoms with E-state index >= 15 is 0 Å². The van der Waals surface area contributed by atoms with Crippen LogP contribution in [0.25, 0.3) is 0 Å². The van der Waals surface area contributed by atoms with E-state index in [1.807, 2.05) is 13.8 Å². The minimum absolute atomic E-state index is 0.0289. The summed E-state index contributed by atoms with van der Waals surface area (Å²) < 4.78 is 13.5. The summed E-state index contributed by atoms with van der Waals surface area (Å²) in [7, 11) is 0. The summed E-state index contributed by atoms with van der Waals surface area (Å²) in [5.41, 5.74) is -0.911. The van der Waals surface area contributed by atoms with Crippen molar-refractivity contribution in [2.24, 2.45) is 5.41 Å². The van der Waals surface area contributed by atoms with Crippen LogP contribution >= 0.6 is 0 Å². The number of hydrogen-bond acceptors (Lipinski definition) is 2. The highest BCUT2D eigenvalue weighted by atomic mass is 19.1. The van der Waals surface area contributed by atoms with Gasteiger partial charge in [0.25, 0.3) is 0 Å². The van der Waals surface area contributed by atoms with E-state index in [0.717, 1.165) is 6.42 Å². The molecule has 1 aromatic rings. The highest BCUT2D eigenvalue weighted by Crippen LogP contribution is 2.47. The van der Waals surface area contributed by atoms with Crippen LogP contribution in [0, 0.1) is 11.2 Å². The maximum absolute atomic E-state index is 13.5. The lowest BCUT2D eigenvalue weighted by molar-refractivity contribution is -0.134. The minimum atomic E-state index is -1.02. The molecule has 0 aliphatic heterocycles. The number of carbonyl (C=O) groups is 2. The van der Waals surface area contributed by atoms with Gasteiger partial charge in [-0.3, -0.25) is 9.59 Å². The van der Waals surface area contributed by atoms with Gasteiger partial charge in [0.1, 0.15) is 11.2 Å². The highest BCUT2D eigenvalue weighted by Gasteiger charge is 2.56. The topological polar surface area (TPSA) is 58.2 Å². The predicted octanol–water partition coefficient (Wildman–Crippen LogP) is 2.46. The lowest BCUT2D eigenvalue weighted by atomic mass is 10.0. The van der Waals surface area contributed by atoms with Crippen molar-refractivity contribution in [1.29, 1.82) is 0 Å². The minimum Gasteiger partial charge on any atom is -0.353 e. The molecule has 2 amide bonds. The third-order valence-electron chi connectivity index (χ3n) is 3.73. The van der Waals surface area contributed by atoms with Crippen LogP contribution in [0.2, 0.25) is 0 Å². The summed E-state index contributed by atoms with van der Waals surface area (Å²) in [5.74, 6) is -1.19. The van der Waals surface area contributed by atoms with Crippen LogP contribution in [0.15, 0.2) is 24.3 Å². The third kappa shape index (κ3) is 2.81. The van der Waals surface area contributed by atoms with Gasteiger partial charge in [-0.05, 0) is 38.3 Å². The van der Waals surface area contributed by atoms with Crippen LogP contribution < -0.4 is 10.6 Å². The molecule has 2 rings (SSSR count). The van der Waals surface area contributed by atoms with Crippen molar-refractivity contribution in [3.05, 3.63) is 30.1 Å². The highest BCUT2D eigenvalue weighted by molar-refractivity contribution is 6.13. The van der Waals surface area contributed by atoms with E-state index in [9.17, 15) is 14.0 Å². The summed E-state index contributed by atoms with van der Waals surface area (Å²) >= 11 is 0. The predicted molar refractivity (Wildman–Crippen MR) is 74.6 cm³/mol. The van der Waals surface area contributed by atoms with E-state index in [1.54, 1.807) is 12.1 Å². The fraction of sp³-hybridized carbons (Fsp3) is 0.467. The number of nitrogens with one attached hydrogen (secondary N) is 2. The number of para-hydroxylation sites is 1. The fourth-order valence-corrected chi connectivity index (χ4v) is 1.95. The maximum Gasteiger partial charge on any atom is 0.240 e. The zero-order valence-corrected chi connectivity index (χ0v) is 11.7. The summed E-state index contributed by atoms with van der Waals surface area (Å²) in [6.45, 7) is 3.85. The normalized spacial score (nSPS) is 17.1. The first-order valence-electron chi connectivity index (χ1n) is 6.86. The molecule has 1 fully saturated rings. The van der Waals surface area contributed by atoms with Gasteiger partial charge < -0.3 is 10.6 Å². The van der Waals surface area contributed by atoms with Gasteiger partial charge >= 0.3 is 0 Å². The van der Waals surface area contributed by atoms with E-state index in [1.165, 1.54) is 12.1 Å². The Morgan fingerprint density at radius 2 is 1.95 bits per heavy atom. The average Bonchev–Trinajstić information content (AvgIpc) is 3.22. The first-order chi connectivity index (χ1) is 9.49. The van der Waals surface area contributed by atoms with Crippen molar-refractivity contribution in [2.45, 2.75) is 39.2 Å². The van der Waals surface area contributed by atoms with Crippen LogP contribution in [0.5, 0.6) is 0 Å². The molecular weight excluding hydrogens is 259 g/mol. The van der Waals surface area contributed by atoms with E-state index in [0.29, 0.717) is 12.8 Å². The molecule has 0 bridgehead atoms. The maximum atomic E-state index is 13.5. The molecule has 5 heteroatoms. The lowest BCUT2D eigenvalue weighted by Crippen LogP contribution is -2.43. The number of halogens is 1. The molecule has 0 radical (unpaired) electrons. The number of hydrogen-bond donors (Lipinski definition) is 2. The van der Waals surface area contributed by atoms with Crippen LogP contribution in [0.4, 0.5) is 10.1 Å². The van der Waals surface area contributed by atoms with Gasteiger partial charge in [-0.1, -0.05) is 19.1 Å². The van der Waals surface area contributed by atoms with Crippen molar-refractivity contribution >= 4 is 17.5 Å². The molecule has 1 aliphatic rings. The van der Waals surface area contributed by atoms with E-state index in [2.05, 4.69) is 10.6 Å². The number of anilines is 1. The number of rotatable bonds is 5. The van der Waals surface area contributed by atoms with E-state index in [4.69, 9.17) is 0 Å².